The predicted octanol–water partition coefficient (Wildman–Crippen LogP) is 2.52. The molecule has 2 aromatic rings. The van der Waals surface area contributed by atoms with Gasteiger partial charge in [-0.3, -0.25) is 4.90 Å². The first-order chi connectivity index (χ1) is 11.2. The first kappa shape index (κ1) is 15.5. The lowest BCUT2D eigenvalue weighted by Crippen LogP contribution is -2.33. The third-order valence-electron chi connectivity index (χ3n) is 4.34. The maximum absolute atomic E-state index is 9.30. The molecule has 1 aliphatic heterocycles. The molecule has 1 aromatic heterocycles. The quantitative estimate of drug-likeness (QED) is 0.867. The third-order valence-corrected chi connectivity index (χ3v) is 4.34. The number of aryl methyl sites for hydroxylation is 1. The molecule has 1 unspecified atom stereocenters. The summed E-state index contributed by atoms with van der Waals surface area (Å²) in [4.78, 5) is 4.66. The number of rotatable bonds is 3. The summed E-state index contributed by atoms with van der Waals surface area (Å²) in [6.45, 7) is 7.63. The van der Waals surface area contributed by atoms with E-state index in [9.17, 15) is 5.26 Å². The molecule has 1 fully saturated rings. The standard InChI is InChI=1S/C17H21N5O/c1-13(17-20-19-14(2)23-17)21-8-5-9-22(11-10-21)16-7-4-3-6-15(16)12-18/h3-4,6-7,13H,5,8-11H2,1-2H3. The van der Waals surface area contributed by atoms with Gasteiger partial charge in [-0.25, -0.2) is 0 Å². The highest BCUT2D eigenvalue weighted by Crippen LogP contribution is 2.24. The lowest BCUT2D eigenvalue weighted by Gasteiger charge is -2.26. The molecule has 6 nitrogen and oxygen atoms in total. The Morgan fingerprint density at radius 1 is 1.17 bits per heavy atom. The van der Waals surface area contributed by atoms with Crippen molar-refractivity contribution in [2.75, 3.05) is 31.1 Å². The molecule has 120 valence electrons. The van der Waals surface area contributed by atoms with Crippen LogP contribution in [0.15, 0.2) is 28.7 Å². The zero-order valence-electron chi connectivity index (χ0n) is 13.6. The average Bonchev–Trinajstić information content (AvgIpc) is 2.87. The molecule has 2 heterocycles. The molecule has 0 radical (unpaired) electrons. The second-order valence-corrected chi connectivity index (χ2v) is 5.84. The van der Waals surface area contributed by atoms with E-state index in [1.54, 1.807) is 0 Å². The topological polar surface area (TPSA) is 69.2 Å². The number of benzene rings is 1. The molecule has 23 heavy (non-hydrogen) atoms. The van der Waals surface area contributed by atoms with Gasteiger partial charge in [-0.2, -0.15) is 5.26 Å². The Labute approximate surface area is 136 Å². The van der Waals surface area contributed by atoms with Crippen LogP contribution in [-0.2, 0) is 0 Å². The highest BCUT2D eigenvalue weighted by molar-refractivity contribution is 5.59. The Bertz CT molecular complexity index is 705. The van der Waals surface area contributed by atoms with Gasteiger partial charge in [-0.15, -0.1) is 10.2 Å². The Hall–Kier alpha value is -2.39. The molecule has 0 saturated carbocycles. The van der Waals surface area contributed by atoms with E-state index in [-0.39, 0.29) is 6.04 Å². The second kappa shape index (κ2) is 6.80. The van der Waals surface area contributed by atoms with Gasteiger partial charge >= 0.3 is 0 Å². The molecular weight excluding hydrogens is 290 g/mol. The van der Waals surface area contributed by atoms with E-state index < -0.39 is 0 Å². The second-order valence-electron chi connectivity index (χ2n) is 5.84. The largest absolute Gasteiger partial charge is 0.424 e. The number of para-hydroxylation sites is 1. The van der Waals surface area contributed by atoms with Crippen LogP contribution < -0.4 is 4.90 Å². The molecular formula is C17H21N5O. The van der Waals surface area contributed by atoms with Gasteiger partial charge in [0.1, 0.15) is 6.07 Å². The monoisotopic (exact) mass is 311 g/mol. The fourth-order valence-electron chi connectivity index (χ4n) is 3.05. The maximum atomic E-state index is 9.30. The Morgan fingerprint density at radius 2 is 2.00 bits per heavy atom. The van der Waals surface area contributed by atoms with Crippen molar-refractivity contribution >= 4 is 5.69 Å². The molecule has 0 N–H and O–H groups in total. The number of hydrogen-bond donors (Lipinski definition) is 0. The Morgan fingerprint density at radius 3 is 2.74 bits per heavy atom. The van der Waals surface area contributed by atoms with Gasteiger partial charge in [-0.05, 0) is 25.5 Å². The number of aromatic nitrogens is 2. The average molecular weight is 311 g/mol. The molecule has 0 aliphatic carbocycles. The van der Waals surface area contributed by atoms with Crippen molar-refractivity contribution in [2.24, 2.45) is 0 Å². The summed E-state index contributed by atoms with van der Waals surface area (Å²) in [7, 11) is 0. The molecule has 1 atom stereocenters. The van der Waals surface area contributed by atoms with Crippen molar-refractivity contribution in [1.82, 2.24) is 15.1 Å². The minimum absolute atomic E-state index is 0.113. The number of nitriles is 1. The van der Waals surface area contributed by atoms with Crippen molar-refractivity contribution in [3.63, 3.8) is 0 Å². The van der Waals surface area contributed by atoms with Gasteiger partial charge in [0.15, 0.2) is 0 Å². The minimum Gasteiger partial charge on any atom is -0.424 e. The van der Waals surface area contributed by atoms with E-state index in [0.29, 0.717) is 11.8 Å². The van der Waals surface area contributed by atoms with Crippen LogP contribution in [0.25, 0.3) is 0 Å². The fraction of sp³-hybridized carbons (Fsp3) is 0.471. The van der Waals surface area contributed by atoms with Crippen molar-refractivity contribution in [2.45, 2.75) is 26.3 Å². The zero-order chi connectivity index (χ0) is 16.2. The predicted molar refractivity (Wildman–Crippen MR) is 87.0 cm³/mol. The van der Waals surface area contributed by atoms with Crippen LogP contribution in [0.1, 0.15) is 36.7 Å². The molecule has 0 spiro atoms. The van der Waals surface area contributed by atoms with E-state index in [0.717, 1.165) is 43.9 Å². The highest BCUT2D eigenvalue weighted by Gasteiger charge is 2.24. The summed E-state index contributed by atoms with van der Waals surface area (Å²) >= 11 is 0. The summed E-state index contributed by atoms with van der Waals surface area (Å²) in [6, 6.07) is 10.2. The normalized spacial score (nSPS) is 17.5. The first-order valence-electron chi connectivity index (χ1n) is 7.97. The summed E-state index contributed by atoms with van der Waals surface area (Å²) in [5.41, 5.74) is 1.76. The van der Waals surface area contributed by atoms with Gasteiger partial charge < -0.3 is 9.32 Å². The lowest BCUT2D eigenvalue weighted by atomic mass is 10.1. The van der Waals surface area contributed by atoms with Gasteiger partial charge in [-0.1, -0.05) is 12.1 Å². The minimum atomic E-state index is 0.113. The fourth-order valence-corrected chi connectivity index (χ4v) is 3.05. The Balaban J connectivity index is 1.71. The van der Waals surface area contributed by atoms with Gasteiger partial charge in [0.2, 0.25) is 11.8 Å². The van der Waals surface area contributed by atoms with Gasteiger partial charge in [0.25, 0.3) is 0 Å². The molecule has 0 amide bonds. The van der Waals surface area contributed by atoms with Crippen LogP contribution in [-0.4, -0.2) is 41.3 Å². The van der Waals surface area contributed by atoms with Crippen LogP contribution in [0.2, 0.25) is 0 Å². The van der Waals surface area contributed by atoms with Crippen molar-refractivity contribution in [1.29, 1.82) is 5.26 Å². The molecule has 6 heteroatoms. The van der Waals surface area contributed by atoms with E-state index in [1.807, 2.05) is 31.2 Å². The molecule has 1 aliphatic rings. The van der Waals surface area contributed by atoms with Crippen LogP contribution in [0.3, 0.4) is 0 Å². The van der Waals surface area contributed by atoms with Crippen molar-refractivity contribution in [3.05, 3.63) is 41.6 Å². The molecule has 1 aromatic carbocycles. The van der Waals surface area contributed by atoms with Crippen LogP contribution in [0, 0.1) is 18.3 Å². The summed E-state index contributed by atoms with van der Waals surface area (Å²) in [5.74, 6) is 1.28. The van der Waals surface area contributed by atoms with Gasteiger partial charge in [0, 0.05) is 33.1 Å². The molecule has 0 bridgehead atoms. The van der Waals surface area contributed by atoms with E-state index in [1.165, 1.54) is 0 Å². The Kier molecular flexibility index (Phi) is 4.58. The SMILES string of the molecule is Cc1nnc(C(C)N2CCCN(c3ccccc3C#N)CC2)o1. The van der Waals surface area contributed by atoms with Crippen molar-refractivity contribution in [3.8, 4) is 6.07 Å². The van der Waals surface area contributed by atoms with Crippen LogP contribution >= 0.6 is 0 Å². The lowest BCUT2D eigenvalue weighted by molar-refractivity contribution is 0.194. The number of hydrogen-bond acceptors (Lipinski definition) is 6. The maximum Gasteiger partial charge on any atom is 0.233 e. The highest BCUT2D eigenvalue weighted by atomic mass is 16.4. The van der Waals surface area contributed by atoms with E-state index in [2.05, 4.69) is 33.0 Å². The summed E-state index contributed by atoms with van der Waals surface area (Å²) in [6.07, 6.45) is 1.04. The first-order valence-corrected chi connectivity index (χ1v) is 7.97. The smallest absolute Gasteiger partial charge is 0.233 e. The molecule has 1 saturated heterocycles. The number of nitrogens with zero attached hydrogens (tertiary/aromatic N) is 5. The van der Waals surface area contributed by atoms with E-state index in [4.69, 9.17) is 4.42 Å². The third kappa shape index (κ3) is 3.35. The van der Waals surface area contributed by atoms with Crippen LogP contribution in [0.5, 0.6) is 0 Å². The summed E-state index contributed by atoms with van der Waals surface area (Å²) in [5, 5.41) is 17.4. The number of anilines is 1. The zero-order valence-corrected chi connectivity index (χ0v) is 13.6. The van der Waals surface area contributed by atoms with Crippen molar-refractivity contribution < 1.29 is 4.42 Å². The van der Waals surface area contributed by atoms with E-state index >= 15 is 0 Å². The van der Waals surface area contributed by atoms with Gasteiger partial charge in [0.05, 0.1) is 17.3 Å². The molecule has 3 rings (SSSR count). The summed E-state index contributed by atoms with van der Waals surface area (Å²) < 4.78 is 5.57. The van der Waals surface area contributed by atoms with Crippen LogP contribution in [0.4, 0.5) is 5.69 Å².